The Morgan fingerprint density at radius 1 is 1.41 bits per heavy atom. The van der Waals surface area contributed by atoms with Gasteiger partial charge in [0, 0.05) is 10.9 Å². The molecule has 0 atom stereocenters. The molecule has 0 unspecified atom stereocenters. The van der Waals surface area contributed by atoms with Crippen molar-refractivity contribution in [2.24, 2.45) is 0 Å². The minimum Gasteiger partial charge on any atom is -0.443 e. The van der Waals surface area contributed by atoms with Crippen LogP contribution >= 0.6 is 11.3 Å². The molecular formula is C12H7N3OS. The predicted molar refractivity (Wildman–Crippen MR) is 64.4 cm³/mol. The molecule has 0 saturated carbocycles. The first-order valence-corrected chi connectivity index (χ1v) is 5.90. The third-order valence-corrected chi connectivity index (χ3v) is 3.26. The Morgan fingerprint density at radius 3 is 3.24 bits per heavy atom. The van der Waals surface area contributed by atoms with Crippen molar-refractivity contribution in [3.8, 4) is 17.3 Å². The van der Waals surface area contributed by atoms with E-state index in [2.05, 4.69) is 16.0 Å². The van der Waals surface area contributed by atoms with Crippen molar-refractivity contribution in [3.05, 3.63) is 35.0 Å². The van der Waals surface area contributed by atoms with Gasteiger partial charge in [-0.2, -0.15) is 5.26 Å². The van der Waals surface area contributed by atoms with Gasteiger partial charge in [0.05, 0.1) is 18.2 Å². The summed E-state index contributed by atoms with van der Waals surface area (Å²) in [5.41, 5.74) is 3.44. The number of aromatic nitrogens is 2. The lowest BCUT2D eigenvalue weighted by Gasteiger charge is -1.95. The number of nitriles is 1. The van der Waals surface area contributed by atoms with Gasteiger partial charge in [-0.3, -0.25) is 0 Å². The first-order valence-electron chi connectivity index (χ1n) is 5.02. The average Bonchev–Trinajstić information content (AvgIpc) is 2.96. The summed E-state index contributed by atoms with van der Waals surface area (Å²) in [4.78, 5) is 8.46. The fraction of sp³-hybridized carbons (Fsp3) is 0.0833. The van der Waals surface area contributed by atoms with Crippen LogP contribution in [0.2, 0.25) is 0 Å². The summed E-state index contributed by atoms with van der Waals surface area (Å²) in [6.45, 7) is 0. The molecule has 0 fully saturated rings. The van der Waals surface area contributed by atoms with Crippen LogP contribution in [0.3, 0.4) is 0 Å². The highest BCUT2D eigenvalue weighted by Gasteiger charge is 2.06. The molecule has 0 radical (unpaired) electrons. The molecule has 1 aromatic carbocycles. The lowest BCUT2D eigenvalue weighted by Crippen LogP contribution is -1.81. The number of thiazole rings is 1. The third-order valence-electron chi connectivity index (χ3n) is 2.41. The van der Waals surface area contributed by atoms with Crippen LogP contribution < -0.4 is 0 Å². The maximum atomic E-state index is 8.61. The van der Waals surface area contributed by atoms with Crippen molar-refractivity contribution in [2.75, 3.05) is 0 Å². The summed E-state index contributed by atoms with van der Waals surface area (Å²) < 4.78 is 5.25. The fourth-order valence-electron chi connectivity index (χ4n) is 1.61. The first-order chi connectivity index (χ1) is 8.36. The van der Waals surface area contributed by atoms with Gasteiger partial charge in [0.2, 0.25) is 0 Å². The molecule has 0 amide bonds. The zero-order valence-corrected chi connectivity index (χ0v) is 9.57. The number of benzene rings is 1. The van der Waals surface area contributed by atoms with E-state index in [-0.39, 0.29) is 0 Å². The minimum absolute atomic E-state index is 0.356. The summed E-state index contributed by atoms with van der Waals surface area (Å²) in [6, 6.07) is 7.86. The highest BCUT2D eigenvalue weighted by atomic mass is 32.1. The molecule has 17 heavy (non-hydrogen) atoms. The molecule has 4 nitrogen and oxygen atoms in total. The largest absolute Gasteiger partial charge is 0.443 e. The van der Waals surface area contributed by atoms with E-state index in [4.69, 9.17) is 9.68 Å². The number of nitrogens with zero attached hydrogens (tertiary/aromatic N) is 3. The average molecular weight is 241 g/mol. The molecule has 0 aliphatic carbocycles. The van der Waals surface area contributed by atoms with Crippen molar-refractivity contribution < 1.29 is 4.42 Å². The molecule has 3 aromatic rings. The molecule has 0 aliphatic rings. The molecule has 2 aromatic heterocycles. The summed E-state index contributed by atoms with van der Waals surface area (Å²) in [5, 5.41) is 11.4. The monoisotopic (exact) mass is 241 g/mol. The topological polar surface area (TPSA) is 62.7 Å². The quantitative estimate of drug-likeness (QED) is 0.691. The van der Waals surface area contributed by atoms with E-state index >= 15 is 0 Å². The zero-order valence-electron chi connectivity index (χ0n) is 8.75. The van der Waals surface area contributed by atoms with Crippen molar-refractivity contribution in [3.63, 3.8) is 0 Å². The van der Waals surface area contributed by atoms with Crippen LogP contribution in [-0.2, 0) is 6.42 Å². The Hall–Kier alpha value is -2.19. The SMILES string of the molecule is N#CCc1nc(-c2ccc3ncoc3c2)cs1. The molecule has 0 aliphatic heterocycles. The zero-order chi connectivity index (χ0) is 11.7. The fourth-order valence-corrected chi connectivity index (χ4v) is 2.34. The predicted octanol–water partition coefficient (Wildman–Crippen LogP) is 3.02. The Balaban J connectivity index is 2.04. The van der Waals surface area contributed by atoms with Gasteiger partial charge in [-0.1, -0.05) is 6.07 Å². The Bertz CT molecular complexity index is 708. The van der Waals surface area contributed by atoms with Crippen LogP contribution in [-0.4, -0.2) is 9.97 Å². The van der Waals surface area contributed by atoms with E-state index in [1.165, 1.54) is 17.7 Å². The Labute approximate surface area is 101 Å². The van der Waals surface area contributed by atoms with E-state index in [0.29, 0.717) is 6.42 Å². The van der Waals surface area contributed by atoms with Gasteiger partial charge in [0.15, 0.2) is 12.0 Å². The van der Waals surface area contributed by atoms with E-state index in [9.17, 15) is 0 Å². The first kappa shape index (κ1) is 10.00. The van der Waals surface area contributed by atoms with Crippen LogP contribution in [0.4, 0.5) is 0 Å². The van der Waals surface area contributed by atoms with Gasteiger partial charge in [-0.15, -0.1) is 11.3 Å². The summed E-state index contributed by atoms with van der Waals surface area (Å²) >= 11 is 1.50. The van der Waals surface area contributed by atoms with Crippen LogP contribution in [0.5, 0.6) is 0 Å². The summed E-state index contributed by atoms with van der Waals surface area (Å²) in [6.07, 6.45) is 1.78. The number of rotatable bonds is 2. The highest BCUT2D eigenvalue weighted by Crippen LogP contribution is 2.25. The lowest BCUT2D eigenvalue weighted by molar-refractivity contribution is 0.602. The van der Waals surface area contributed by atoms with Crippen LogP contribution in [0.1, 0.15) is 5.01 Å². The number of hydrogen-bond acceptors (Lipinski definition) is 5. The van der Waals surface area contributed by atoms with Gasteiger partial charge in [0.25, 0.3) is 0 Å². The van der Waals surface area contributed by atoms with Crippen LogP contribution in [0.15, 0.2) is 34.4 Å². The van der Waals surface area contributed by atoms with Crippen molar-refractivity contribution in [1.29, 1.82) is 5.26 Å². The Morgan fingerprint density at radius 2 is 2.35 bits per heavy atom. The standard InChI is InChI=1S/C12H7N3OS/c13-4-3-12-15-10(6-17-12)8-1-2-9-11(5-8)16-7-14-9/h1-2,5-7H,3H2. The molecule has 0 saturated heterocycles. The third kappa shape index (κ3) is 1.79. The van der Waals surface area contributed by atoms with E-state index in [1.54, 1.807) is 0 Å². The van der Waals surface area contributed by atoms with Gasteiger partial charge in [0.1, 0.15) is 10.5 Å². The van der Waals surface area contributed by atoms with Crippen molar-refractivity contribution in [2.45, 2.75) is 6.42 Å². The molecule has 3 rings (SSSR count). The highest BCUT2D eigenvalue weighted by molar-refractivity contribution is 7.10. The van der Waals surface area contributed by atoms with Gasteiger partial charge < -0.3 is 4.42 Å². The van der Waals surface area contributed by atoms with Crippen molar-refractivity contribution >= 4 is 22.4 Å². The van der Waals surface area contributed by atoms with E-state index in [0.717, 1.165) is 27.4 Å². The molecule has 0 spiro atoms. The second-order valence-corrected chi connectivity index (χ2v) is 4.44. The smallest absolute Gasteiger partial charge is 0.181 e. The maximum absolute atomic E-state index is 8.61. The number of hydrogen-bond donors (Lipinski definition) is 0. The summed E-state index contributed by atoms with van der Waals surface area (Å²) in [5.74, 6) is 0. The normalized spacial score (nSPS) is 10.5. The van der Waals surface area contributed by atoms with Gasteiger partial charge >= 0.3 is 0 Å². The lowest BCUT2D eigenvalue weighted by atomic mass is 10.1. The second kappa shape index (κ2) is 4.00. The molecule has 82 valence electrons. The maximum Gasteiger partial charge on any atom is 0.181 e. The molecule has 5 heteroatoms. The number of oxazole rings is 1. The van der Waals surface area contributed by atoms with Crippen molar-refractivity contribution in [1.82, 2.24) is 9.97 Å². The van der Waals surface area contributed by atoms with Gasteiger partial charge in [-0.05, 0) is 12.1 Å². The molecular weight excluding hydrogens is 234 g/mol. The van der Waals surface area contributed by atoms with E-state index < -0.39 is 0 Å². The molecule has 2 heterocycles. The molecule has 0 N–H and O–H groups in total. The summed E-state index contributed by atoms with van der Waals surface area (Å²) in [7, 11) is 0. The van der Waals surface area contributed by atoms with Gasteiger partial charge in [-0.25, -0.2) is 9.97 Å². The van der Waals surface area contributed by atoms with E-state index in [1.807, 2.05) is 23.6 Å². The number of fused-ring (bicyclic) bond motifs is 1. The minimum atomic E-state index is 0.356. The van der Waals surface area contributed by atoms with Crippen LogP contribution in [0, 0.1) is 11.3 Å². The van der Waals surface area contributed by atoms with Crippen LogP contribution in [0.25, 0.3) is 22.4 Å². The second-order valence-electron chi connectivity index (χ2n) is 3.50. The molecule has 0 bridgehead atoms. The Kier molecular flexibility index (Phi) is 2.35.